The lowest BCUT2D eigenvalue weighted by Gasteiger charge is -2.37. The minimum Gasteiger partial charge on any atom is -0.369 e. The number of halogens is 1. The van der Waals surface area contributed by atoms with Crippen LogP contribution < -0.4 is 10.2 Å². The third-order valence-corrected chi connectivity index (χ3v) is 6.64. The van der Waals surface area contributed by atoms with E-state index in [2.05, 4.69) is 32.2 Å². The maximum atomic E-state index is 14.1. The van der Waals surface area contributed by atoms with Gasteiger partial charge in [-0.15, -0.1) is 11.3 Å². The number of aromatic nitrogens is 2. The lowest BCUT2D eigenvalue weighted by Crippen LogP contribution is -2.46. The van der Waals surface area contributed by atoms with Crippen molar-refractivity contribution in [2.45, 2.75) is 32.7 Å². The van der Waals surface area contributed by atoms with Crippen LogP contribution in [-0.2, 0) is 11.2 Å². The molecule has 0 bridgehead atoms. The molecule has 0 saturated carbocycles. The molecule has 0 aliphatic carbocycles. The second kappa shape index (κ2) is 10.2. The molecule has 1 unspecified atom stereocenters. The fourth-order valence-corrected chi connectivity index (χ4v) is 4.59. The van der Waals surface area contributed by atoms with Gasteiger partial charge in [-0.1, -0.05) is 18.1 Å². The molecular weight excluding hydrogens is 429 g/mol. The van der Waals surface area contributed by atoms with Crippen molar-refractivity contribution in [1.29, 1.82) is 0 Å². The zero-order chi connectivity index (χ0) is 22.5. The van der Waals surface area contributed by atoms with Crippen LogP contribution in [0.1, 0.15) is 37.8 Å². The van der Waals surface area contributed by atoms with E-state index in [0.29, 0.717) is 18.1 Å². The zero-order valence-electron chi connectivity index (χ0n) is 18.4. The van der Waals surface area contributed by atoms with Crippen molar-refractivity contribution in [2.75, 3.05) is 37.6 Å². The summed E-state index contributed by atoms with van der Waals surface area (Å²) in [6.45, 7) is 8.81. The average molecular weight is 458 g/mol. The fourth-order valence-electron chi connectivity index (χ4n) is 3.94. The number of piperazine rings is 1. The fraction of sp³-hybridized carbons (Fsp3) is 0.435. The van der Waals surface area contributed by atoms with Crippen molar-refractivity contribution in [2.24, 2.45) is 0 Å². The van der Waals surface area contributed by atoms with E-state index in [-0.39, 0.29) is 24.2 Å². The Kier molecular flexibility index (Phi) is 7.16. The number of carbonyl (C=O) groups is 1. The smallest absolute Gasteiger partial charge is 0.227 e. The van der Waals surface area contributed by atoms with E-state index in [1.807, 2.05) is 30.5 Å². The molecule has 1 atom stereocenters. The number of aryl methyl sites for hydroxylation is 1. The van der Waals surface area contributed by atoms with Gasteiger partial charge in [0.25, 0.3) is 0 Å². The number of thiophene rings is 1. The predicted octanol–water partition coefficient (Wildman–Crippen LogP) is 3.89. The van der Waals surface area contributed by atoms with Crippen LogP contribution in [0.15, 0.2) is 40.2 Å². The minimum atomic E-state index is -0.318. The third kappa shape index (κ3) is 5.34. The van der Waals surface area contributed by atoms with Crippen LogP contribution in [0.5, 0.6) is 0 Å². The Morgan fingerprint density at radius 3 is 2.81 bits per heavy atom. The molecule has 1 fully saturated rings. The van der Waals surface area contributed by atoms with Crippen molar-refractivity contribution in [3.05, 3.63) is 53.0 Å². The normalized spacial score (nSPS) is 15.7. The monoisotopic (exact) mass is 457 g/mol. The summed E-state index contributed by atoms with van der Waals surface area (Å²) >= 11 is 1.53. The number of benzene rings is 1. The molecule has 170 valence electrons. The van der Waals surface area contributed by atoms with Crippen molar-refractivity contribution in [3.63, 3.8) is 0 Å². The Morgan fingerprint density at radius 2 is 2.09 bits per heavy atom. The molecule has 1 aromatic carbocycles. The predicted molar refractivity (Wildman–Crippen MR) is 123 cm³/mol. The van der Waals surface area contributed by atoms with Crippen molar-refractivity contribution >= 4 is 22.9 Å². The maximum absolute atomic E-state index is 14.1. The Balaban J connectivity index is 1.36. The number of hydrogen-bond acceptors (Lipinski definition) is 7. The molecule has 7 nitrogen and oxygen atoms in total. The highest BCUT2D eigenvalue weighted by Crippen LogP contribution is 2.28. The van der Waals surface area contributed by atoms with E-state index in [1.165, 1.54) is 23.5 Å². The second-order valence-corrected chi connectivity index (χ2v) is 8.85. The lowest BCUT2D eigenvalue weighted by molar-refractivity contribution is -0.121. The first kappa shape index (κ1) is 22.4. The number of hydrogen-bond donors (Lipinski definition) is 1. The van der Waals surface area contributed by atoms with E-state index in [0.717, 1.165) is 48.9 Å². The molecule has 1 saturated heterocycles. The first-order valence-electron chi connectivity index (χ1n) is 11.0. The summed E-state index contributed by atoms with van der Waals surface area (Å²) in [5, 5.41) is 8.92. The summed E-state index contributed by atoms with van der Waals surface area (Å²) in [5.74, 6) is 0.524. The molecule has 3 heterocycles. The molecule has 0 spiro atoms. The van der Waals surface area contributed by atoms with Gasteiger partial charge in [0.2, 0.25) is 17.6 Å². The van der Waals surface area contributed by atoms with Crippen molar-refractivity contribution in [1.82, 2.24) is 20.4 Å². The first-order valence-corrected chi connectivity index (χ1v) is 11.8. The van der Waals surface area contributed by atoms with E-state index >= 15 is 0 Å². The van der Waals surface area contributed by atoms with Crippen molar-refractivity contribution < 1.29 is 13.7 Å². The number of likely N-dealkylation sites (N-methyl/N-ethyl adjacent to an activating group) is 1. The summed E-state index contributed by atoms with van der Waals surface area (Å²) in [6.07, 6.45) is 0.572. The standard InChI is InChI=1S/C23H28FN5O2S/c1-3-28-10-12-29(13-11-28)19-7-6-17(24)15-18(19)16(2)25-21(30)8-9-22-26-23(27-31-22)20-5-4-14-32-20/h4-7,14-16H,3,8-13H2,1-2H3,(H,25,30). The number of rotatable bonds is 8. The van der Waals surface area contributed by atoms with Gasteiger partial charge in [0.15, 0.2) is 0 Å². The molecule has 1 aliphatic rings. The highest BCUT2D eigenvalue weighted by Gasteiger charge is 2.22. The van der Waals surface area contributed by atoms with Gasteiger partial charge >= 0.3 is 0 Å². The van der Waals surface area contributed by atoms with E-state index in [9.17, 15) is 9.18 Å². The quantitative estimate of drug-likeness (QED) is 0.553. The number of nitrogens with one attached hydrogen (secondary N) is 1. The first-order chi connectivity index (χ1) is 15.5. The number of carbonyl (C=O) groups excluding carboxylic acids is 1. The van der Waals surface area contributed by atoms with Crippen LogP contribution in [0.4, 0.5) is 10.1 Å². The lowest BCUT2D eigenvalue weighted by atomic mass is 10.0. The van der Waals surface area contributed by atoms with Crippen LogP contribution in [0.2, 0.25) is 0 Å². The molecule has 32 heavy (non-hydrogen) atoms. The summed E-state index contributed by atoms with van der Waals surface area (Å²) in [7, 11) is 0. The van der Waals surface area contributed by atoms with Gasteiger partial charge in [0.1, 0.15) is 5.82 Å². The van der Waals surface area contributed by atoms with Crippen LogP contribution in [0, 0.1) is 5.82 Å². The Hall–Kier alpha value is -2.78. The summed E-state index contributed by atoms with van der Waals surface area (Å²) < 4.78 is 19.3. The highest BCUT2D eigenvalue weighted by molar-refractivity contribution is 7.13. The molecule has 1 aliphatic heterocycles. The molecule has 3 aromatic rings. The summed E-state index contributed by atoms with van der Waals surface area (Å²) in [5.41, 5.74) is 1.77. The molecular formula is C23H28FN5O2S. The summed E-state index contributed by atoms with van der Waals surface area (Å²) in [4.78, 5) is 22.5. The summed E-state index contributed by atoms with van der Waals surface area (Å²) in [6, 6.07) is 8.36. The van der Waals surface area contributed by atoms with Gasteiger partial charge in [-0.25, -0.2) is 4.39 Å². The number of nitrogens with zero attached hydrogens (tertiary/aromatic N) is 4. The van der Waals surface area contributed by atoms with Crippen LogP contribution in [0.25, 0.3) is 10.7 Å². The van der Waals surface area contributed by atoms with Gasteiger partial charge in [-0.2, -0.15) is 4.98 Å². The molecule has 9 heteroatoms. The topological polar surface area (TPSA) is 74.5 Å². The van der Waals surface area contributed by atoms with Crippen LogP contribution in [0.3, 0.4) is 0 Å². The molecule has 4 rings (SSSR count). The van der Waals surface area contributed by atoms with Gasteiger partial charge in [-0.05, 0) is 43.1 Å². The molecule has 1 N–H and O–H groups in total. The van der Waals surface area contributed by atoms with Gasteiger partial charge in [0, 0.05) is 50.3 Å². The zero-order valence-corrected chi connectivity index (χ0v) is 19.2. The number of amides is 1. The maximum Gasteiger partial charge on any atom is 0.227 e. The van der Waals surface area contributed by atoms with Crippen molar-refractivity contribution in [3.8, 4) is 10.7 Å². The number of anilines is 1. The van der Waals surface area contributed by atoms with E-state index in [4.69, 9.17) is 4.52 Å². The molecule has 1 amide bonds. The Bertz CT molecular complexity index is 1030. The van der Waals surface area contributed by atoms with Gasteiger partial charge in [-0.3, -0.25) is 4.79 Å². The third-order valence-electron chi connectivity index (χ3n) is 5.77. The van der Waals surface area contributed by atoms with E-state index in [1.54, 1.807) is 0 Å². The highest BCUT2D eigenvalue weighted by atomic mass is 32.1. The SMILES string of the molecule is CCN1CCN(c2ccc(F)cc2C(C)NC(=O)CCc2nc(-c3cccs3)no2)CC1. The average Bonchev–Trinajstić information content (AvgIpc) is 3.50. The Labute approximate surface area is 191 Å². The Morgan fingerprint density at radius 1 is 1.28 bits per heavy atom. The van der Waals surface area contributed by atoms with Crippen LogP contribution in [-0.4, -0.2) is 53.7 Å². The molecule has 0 radical (unpaired) electrons. The van der Waals surface area contributed by atoms with Gasteiger partial charge in [0.05, 0.1) is 10.9 Å². The minimum absolute atomic E-state index is 0.139. The van der Waals surface area contributed by atoms with Crippen LogP contribution >= 0.6 is 11.3 Å². The van der Waals surface area contributed by atoms with Gasteiger partial charge < -0.3 is 19.6 Å². The van der Waals surface area contributed by atoms with E-state index < -0.39 is 0 Å². The second-order valence-electron chi connectivity index (χ2n) is 7.90. The molecule has 2 aromatic heterocycles. The largest absolute Gasteiger partial charge is 0.369 e.